The Hall–Kier alpha value is -4.52. The van der Waals surface area contributed by atoms with Crippen molar-refractivity contribution in [3.63, 3.8) is 0 Å². The summed E-state index contributed by atoms with van der Waals surface area (Å²) in [4.78, 5) is 11.1. The molecule has 41 heavy (non-hydrogen) atoms. The van der Waals surface area contributed by atoms with E-state index in [1.165, 1.54) is 22.8 Å². The Bertz CT molecular complexity index is 1540. The largest absolute Gasteiger partial charge is 0.457 e. The maximum atomic E-state index is 7.06. The number of rotatable bonds is 4. The first-order chi connectivity index (χ1) is 19.3. The van der Waals surface area contributed by atoms with Gasteiger partial charge in [0.1, 0.15) is 17.2 Å². The lowest BCUT2D eigenvalue weighted by atomic mass is 9.48. The van der Waals surface area contributed by atoms with Crippen molar-refractivity contribution in [1.82, 2.24) is 4.98 Å². The lowest BCUT2D eigenvalue weighted by molar-refractivity contribution is 0.333. The molecule has 0 saturated carbocycles. The molecule has 0 atom stereocenters. The average Bonchev–Trinajstić information content (AvgIpc) is 3.50. The van der Waals surface area contributed by atoms with Gasteiger partial charge in [-0.3, -0.25) is 0 Å². The molecule has 0 saturated heterocycles. The SMILES string of the molecule is C.[C-]#[N+]c1ccc(Oc2ccc3c(c2)CCB3C)cc1C.[C-]#[N+]c1ccc(Oc2ccc3c(c2)COB3C)nc1C. The van der Waals surface area contributed by atoms with E-state index in [0.717, 1.165) is 34.8 Å². The van der Waals surface area contributed by atoms with Crippen LogP contribution in [0.1, 0.15) is 29.8 Å². The van der Waals surface area contributed by atoms with Crippen LogP contribution in [0.3, 0.4) is 0 Å². The van der Waals surface area contributed by atoms with Crippen LogP contribution >= 0.6 is 0 Å². The number of benzene rings is 3. The number of ether oxygens (including phenoxy) is 2. The lowest BCUT2D eigenvalue weighted by Gasteiger charge is -2.09. The number of hydrogen-bond acceptors (Lipinski definition) is 4. The second-order valence-electron chi connectivity index (χ2n) is 10.2. The number of fused-ring (bicyclic) bond motifs is 2. The third kappa shape index (κ3) is 6.62. The summed E-state index contributed by atoms with van der Waals surface area (Å²) in [6.45, 7) is 23.6. The van der Waals surface area contributed by atoms with Crippen LogP contribution in [0, 0.1) is 27.0 Å². The van der Waals surface area contributed by atoms with Gasteiger partial charge in [-0.1, -0.05) is 56.6 Å². The van der Waals surface area contributed by atoms with E-state index in [1.54, 1.807) is 19.1 Å². The molecule has 2 aliphatic heterocycles. The van der Waals surface area contributed by atoms with Crippen molar-refractivity contribution < 1.29 is 14.1 Å². The number of pyridine rings is 1. The van der Waals surface area contributed by atoms with E-state index in [9.17, 15) is 0 Å². The topological polar surface area (TPSA) is 49.3 Å². The summed E-state index contributed by atoms with van der Waals surface area (Å²) in [5, 5.41) is 0. The summed E-state index contributed by atoms with van der Waals surface area (Å²) in [5.41, 5.74) is 8.09. The molecule has 0 radical (unpaired) electrons. The Morgan fingerprint density at radius 3 is 2.12 bits per heavy atom. The van der Waals surface area contributed by atoms with Crippen molar-refractivity contribution >= 4 is 35.9 Å². The van der Waals surface area contributed by atoms with Gasteiger partial charge in [0.25, 0.3) is 0 Å². The van der Waals surface area contributed by atoms with E-state index in [-0.39, 0.29) is 14.3 Å². The van der Waals surface area contributed by atoms with Crippen LogP contribution in [0.4, 0.5) is 11.4 Å². The lowest BCUT2D eigenvalue weighted by Crippen LogP contribution is -2.23. The van der Waals surface area contributed by atoms with Crippen molar-refractivity contribution in [2.45, 2.75) is 54.3 Å². The summed E-state index contributed by atoms with van der Waals surface area (Å²) in [6, 6.07) is 21.3. The van der Waals surface area contributed by atoms with Crippen molar-refractivity contribution in [2.24, 2.45) is 0 Å². The summed E-state index contributed by atoms with van der Waals surface area (Å²) < 4.78 is 17.2. The van der Waals surface area contributed by atoms with Crippen molar-refractivity contribution in [2.75, 3.05) is 0 Å². The fourth-order valence-electron chi connectivity index (χ4n) is 5.12. The van der Waals surface area contributed by atoms with Crippen LogP contribution in [0.15, 0.2) is 66.7 Å². The Labute approximate surface area is 244 Å². The van der Waals surface area contributed by atoms with Gasteiger partial charge >= 0.3 is 6.92 Å². The highest BCUT2D eigenvalue weighted by Crippen LogP contribution is 2.29. The second kappa shape index (κ2) is 12.8. The Morgan fingerprint density at radius 1 is 0.780 bits per heavy atom. The van der Waals surface area contributed by atoms with Gasteiger partial charge in [0, 0.05) is 5.69 Å². The molecule has 0 unspecified atom stereocenters. The quantitative estimate of drug-likeness (QED) is 0.194. The summed E-state index contributed by atoms with van der Waals surface area (Å²) >= 11 is 0. The predicted molar refractivity (Wildman–Crippen MR) is 168 cm³/mol. The molecular formula is C33H33B2N3O3. The minimum Gasteiger partial charge on any atom is -0.457 e. The van der Waals surface area contributed by atoms with Gasteiger partial charge in [-0.2, -0.15) is 0 Å². The maximum absolute atomic E-state index is 7.06. The minimum atomic E-state index is 0. The third-order valence-electron chi connectivity index (χ3n) is 7.43. The fraction of sp³-hybridized carbons (Fsp3) is 0.242. The molecule has 3 heterocycles. The summed E-state index contributed by atoms with van der Waals surface area (Å²) in [7, 11) is 0. The Balaban J connectivity index is 0.000000184. The zero-order valence-corrected chi connectivity index (χ0v) is 23.2. The van der Waals surface area contributed by atoms with Gasteiger partial charge in [0.2, 0.25) is 11.6 Å². The molecule has 0 fully saturated rings. The molecule has 8 heteroatoms. The Kier molecular flexibility index (Phi) is 9.17. The molecule has 3 aromatic carbocycles. The van der Waals surface area contributed by atoms with Gasteiger partial charge in [-0.05, 0) is 85.4 Å². The molecule has 0 aliphatic carbocycles. The molecule has 0 amide bonds. The van der Waals surface area contributed by atoms with Gasteiger partial charge in [0.15, 0.2) is 12.4 Å². The van der Waals surface area contributed by atoms with Crippen LogP contribution in [0.5, 0.6) is 23.1 Å². The fourth-order valence-corrected chi connectivity index (χ4v) is 5.12. The van der Waals surface area contributed by atoms with Crippen LogP contribution in [-0.2, 0) is 17.7 Å². The number of hydrogen-bond donors (Lipinski definition) is 0. The molecular weight excluding hydrogens is 508 g/mol. The number of aromatic nitrogens is 1. The second-order valence-corrected chi connectivity index (χ2v) is 10.2. The smallest absolute Gasteiger partial charge is 0.324 e. The van der Waals surface area contributed by atoms with Crippen molar-refractivity contribution in [1.29, 1.82) is 0 Å². The number of aryl methyl sites for hydroxylation is 3. The van der Waals surface area contributed by atoms with Crippen molar-refractivity contribution in [3.8, 4) is 23.1 Å². The Morgan fingerprint density at radius 2 is 1.41 bits per heavy atom. The van der Waals surface area contributed by atoms with Crippen LogP contribution in [0.25, 0.3) is 9.69 Å². The molecule has 1 aromatic heterocycles. The zero-order valence-electron chi connectivity index (χ0n) is 23.2. The molecule has 2 aliphatic rings. The minimum absolute atomic E-state index is 0. The van der Waals surface area contributed by atoms with Gasteiger partial charge in [-0.25, -0.2) is 14.7 Å². The maximum Gasteiger partial charge on any atom is 0.324 e. The zero-order chi connectivity index (χ0) is 28.2. The third-order valence-corrected chi connectivity index (χ3v) is 7.43. The molecule has 0 spiro atoms. The van der Waals surface area contributed by atoms with E-state index in [4.69, 9.17) is 27.3 Å². The van der Waals surface area contributed by atoms with Gasteiger partial charge in [0.05, 0.1) is 19.8 Å². The average molecular weight is 541 g/mol. The summed E-state index contributed by atoms with van der Waals surface area (Å²) in [6.07, 6.45) is 2.38. The van der Waals surface area contributed by atoms with Crippen LogP contribution in [0.2, 0.25) is 20.0 Å². The predicted octanol–water partition coefficient (Wildman–Crippen LogP) is 7.95. The van der Waals surface area contributed by atoms with E-state index in [1.807, 2.05) is 56.2 Å². The molecule has 204 valence electrons. The monoisotopic (exact) mass is 541 g/mol. The summed E-state index contributed by atoms with van der Waals surface area (Å²) in [5.74, 6) is 2.92. The number of nitrogens with zero attached hydrogens (tertiary/aromatic N) is 3. The van der Waals surface area contributed by atoms with Crippen molar-refractivity contribution in [3.05, 3.63) is 112 Å². The van der Waals surface area contributed by atoms with E-state index in [2.05, 4.69) is 33.6 Å². The van der Waals surface area contributed by atoms with E-state index < -0.39 is 0 Å². The highest BCUT2D eigenvalue weighted by atomic mass is 16.5. The molecule has 0 N–H and O–H groups in total. The standard InChI is InChI=1S/C17H16BNO.C15H13BN2O2.CH4/c1-12-10-14(5-7-17(12)19-3)20-15-4-6-16-13(11-15)8-9-18(16)2;1-10-14(17-3)6-7-15(18-10)20-12-4-5-13-11(8-12)9-19-16(13)2;/h4-7,10-11H,8-9H2,1-2H3;4-8H,9H2,1-2H3;1H4. The molecule has 6 nitrogen and oxygen atoms in total. The first kappa shape index (κ1) is 29.5. The molecule has 0 bridgehead atoms. The van der Waals surface area contributed by atoms with E-state index >= 15 is 0 Å². The first-order valence-corrected chi connectivity index (χ1v) is 13.4. The normalized spacial score (nSPS) is 12.6. The van der Waals surface area contributed by atoms with Crippen LogP contribution < -0.4 is 20.4 Å². The molecule has 4 aromatic rings. The first-order valence-electron chi connectivity index (χ1n) is 13.4. The highest BCUT2D eigenvalue weighted by molar-refractivity contribution is 6.73. The van der Waals surface area contributed by atoms with Crippen LogP contribution in [-0.4, -0.2) is 18.6 Å². The van der Waals surface area contributed by atoms with Gasteiger partial charge in [-0.15, -0.1) is 0 Å². The van der Waals surface area contributed by atoms with Gasteiger partial charge < -0.3 is 14.1 Å². The van der Waals surface area contributed by atoms with E-state index in [0.29, 0.717) is 36.3 Å². The molecule has 6 rings (SSSR count). The highest BCUT2D eigenvalue weighted by Gasteiger charge is 2.24.